The number of nitrogen functional groups attached to an aromatic ring is 1. The summed E-state index contributed by atoms with van der Waals surface area (Å²) >= 11 is 9.53. The monoisotopic (exact) mass is 205 g/mol. The lowest BCUT2D eigenvalue weighted by atomic mass is 10.1. The Morgan fingerprint density at radius 2 is 1.75 bits per heavy atom. The van der Waals surface area contributed by atoms with Crippen LogP contribution in [0.3, 0.4) is 0 Å². The van der Waals surface area contributed by atoms with Crippen molar-refractivity contribution in [3.63, 3.8) is 0 Å². The summed E-state index contributed by atoms with van der Waals surface area (Å²) in [5, 5.41) is 0.194. The van der Waals surface area contributed by atoms with E-state index in [1.807, 2.05) is 19.1 Å². The third-order valence-corrected chi connectivity index (χ3v) is 1.43. The molecule has 1 nitrogen and oxygen atoms in total. The zero-order chi connectivity index (χ0) is 9.56. The molecule has 0 aliphatic heterocycles. The first-order chi connectivity index (χ1) is 5.61. The van der Waals surface area contributed by atoms with Crippen molar-refractivity contribution in [3.05, 3.63) is 29.3 Å². The van der Waals surface area contributed by atoms with E-state index in [0.29, 0.717) is 0 Å². The predicted octanol–water partition coefficient (Wildman–Crippen LogP) is 3.31. The van der Waals surface area contributed by atoms with Gasteiger partial charge >= 0.3 is 0 Å². The lowest BCUT2D eigenvalue weighted by Gasteiger charge is -1.98. The standard InChI is InChI=1S/C8H11N.CH2Cl2/c1-6-3-4-8(9)7(2)5-6;2-1-3/h3-5H,9H2,1-2H3;1H2. The SMILES string of the molecule is Cc1ccc(N)c(C)c1.ClCCl. The smallest absolute Gasteiger partial charge is 0.0967 e. The van der Waals surface area contributed by atoms with E-state index < -0.39 is 0 Å². The highest BCUT2D eigenvalue weighted by Crippen LogP contribution is 2.10. The number of nitrogens with two attached hydrogens (primary N) is 1. The van der Waals surface area contributed by atoms with Gasteiger partial charge in [-0.3, -0.25) is 0 Å². The molecule has 0 spiro atoms. The number of rotatable bonds is 0. The first-order valence-corrected chi connectivity index (χ1v) is 4.63. The first-order valence-electron chi connectivity index (χ1n) is 3.56. The van der Waals surface area contributed by atoms with Gasteiger partial charge in [-0.15, -0.1) is 23.2 Å². The predicted molar refractivity (Wildman–Crippen MR) is 56.9 cm³/mol. The van der Waals surface area contributed by atoms with Gasteiger partial charge in [0, 0.05) is 5.69 Å². The second-order valence-corrected chi connectivity index (χ2v) is 3.27. The Labute approximate surface area is 83.5 Å². The van der Waals surface area contributed by atoms with Crippen molar-refractivity contribution in [1.82, 2.24) is 0 Å². The molecule has 0 fully saturated rings. The van der Waals surface area contributed by atoms with Gasteiger partial charge in [0.25, 0.3) is 0 Å². The number of benzene rings is 1. The highest BCUT2D eigenvalue weighted by molar-refractivity contribution is 6.40. The van der Waals surface area contributed by atoms with Gasteiger partial charge < -0.3 is 5.73 Å². The molecule has 68 valence electrons. The number of halogens is 2. The molecule has 2 N–H and O–H groups in total. The zero-order valence-electron chi connectivity index (χ0n) is 7.27. The maximum atomic E-state index is 5.59. The maximum Gasteiger partial charge on any atom is 0.0967 e. The third-order valence-electron chi connectivity index (χ3n) is 1.43. The van der Waals surface area contributed by atoms with E-state index >= 15 is 0 Å². The van der Waals surface area contributed by atoms with E-state index in [1.165, 1.54) is 5.56 Å². The van der Waals surface area contributed by atoms with E-state index in [9.17, 15) is 0 Å². The zero-order valence-corrected chi connectivity index (χ0v) is 8.78. The summed E-state index contributed by atoms with van der Waals surface area (Å²) in [6, 6.07) is 6.03. The van der Waals surface area contributed by atoms with Crippen LogP contribution in [0.2, 0.25) is 0 Å². The van der Waals surface area contributed by atoms with Crippen LogP contribution in [0.5, 0.6) is 0 Å². The van der Waals surface area contributed by atoms with Gasteiger partial charge in [0.2, 0.25) is 0 Å². The average Bonchev–Trinajstić information content (AvgIpc) is 1.99. The van der Waals surface area contributed by atoms with Crippen LogP contribution in [0, 0.1) is 13.8 Å². The van der Waals surface area contributed by atoms with Crippen LogP contribution in [-0.4, -0.2) is 5.34 Å². The minimum absolute atomic E-state index is 0.194. The van der Waals surface area contributed by atoms with Gasteiger partial charge in [-0.1, -0.05) is 17.7 Å². The maximum absolute atomic E-state index is 5.59. The summed E-state index contributed by atoms with van der Waals surface area (Å²) in [7, 11) is 0. The Kier molecular flexibility index (Phi) is 5.95. The summed E-state index contributed by atoms with van der Waals surface area (Å²) < 4.78 is 0. The Bertz CT molecular complexity index is 236. The van der Waals surface area contributed by atoms with Crippen LogP contribution in [0.4, 0.5) is 5.69 Å². The summed E-state index contributed by atoms with van der Waals surface area (Å²) in [6.07, 6.45) is 0. The summed E-state index contributed by atoms with van der Waals surface area (Å²) in [4.78, 5) is 0. The topological polar surface area (TPSA) is 26.0 Å². The molecule has 0 unspecified atom stereocenters. The summed E-state index contributed by atoms with van der Waals surface area (Å²) in [6.45, 7) is 4.08. The molecule has 0 heterocycles. The fourth-order valence-corrected chi connectivity index (χ4v) is 0.826. The van der Waals surface area contributed by atoms with Crippen molar-refractivity contribution in [2.45, 2.75) is 13.8 Å². The Morgan fingerprint density at radius 1 is 1.25 bits per heavy atom. The first kappa shape index (κ1) is 11.6. The molecule has 0 saturated carbocycles. The van der Waals surface area contributed by atoms with E-state index in [4.69, 9.17) is 28.9 Å². The molecule has 0 aliphatic carbocycles. The van der Waals surface area contributed by atoms with E-state index in [0.717, 1.165) is 11.3 Å². The Balaban J connectivity index is 0.000000354. The van der Waals surface area contributed by atoms with E-state index in [2.05, 4.69) is 13.0 Å². The molecule has 0 amide bonds. The summed E-state index contributed by atoms with van der Waals surface area (Å²) in [5.41, 5.74) is 8.89. The number of alkyl halides is 2. The molecule has 0 radical (unpaired) electrons. The van der Waals surface area contributed by atoms with Crippen LogP contribution in [0.15, 0.2) is 18.2 Å². The van der Waals surface area contributed by atoms with Crippen molar-refractivity contribution in [3.8, 4) is 0 Å². The molecule has 1 rings (SSSR count). The van der Waals surface area contributed by atoms with Crippen LogP contribution in [0.25, 0.3) is 0 Å². The van der Waals surface area contributed by atoms with Gasteiger partial charge in [-0.25, -0.2) is 0 Å². The van der Waals surface area contributed by atoms with Gasteiger partial charge in [0.15, 0.2) is 0 Å². The number of anilines is 1. The van der Waals surface area contributed by atoms with Crippen molar-refractivity contribution in [2.24, 2.45) is 0 Å². The lowest BCUT2D eigenvalue weighted by molar-refractivity contribution is 1.39. The fraction of sp³-hybridized carbons (Fsp3) is 0.333. The van der Waals surface area contributed by atoms with Crippen LogP contribution in [-0.2, 0) is 0 Å². The van der Waals surface area contributed by atoms with Gasteiger partial charge in [-0.2, -0.15) is 0 Å². The fourth-order valence-electron chi connectivity index (χ4n) is 0.826. The highest BCUT2D eigenvalue weighted by Gasteiger charge is 1.89. The highest BCUT2D eigenvalue weighted by atomic mass is 35.5. The Morgan fingerprint density at radius 3 is 2.08 bits per heavy atom. The molecule has 0 aromatic heterocycles. The minimum Gasteiger partial charge on any atom is -0.399 e. The second kappa shape index (κ2) is 6.15. The lowest BCUT2D eigenvalue weighted by Crippen LogP contribution is -1.88. The minimum atomic E-state index is 0.194. The van der Waals surface area contributed by atoms with Crippen LogP contribution in [0.1, 0.15) is 11.1 Å². The largest absolute Gasteiger partial charge is 0.399 e. The molecule has 0 saturated heterocycles. The van der Waals surface area contributed by atoms with E-state index in [-0.39, 0.29) is 5.34 Å². The molecule has 1 aromatic carbocycles. The van der Waals surface area contributed by atoms with Crippen molar-refractivity contribution < 1.29 is 0 Å². The molecular formula is C9H13Cl2N. The quantitative estimate of drug-likeness (QED) is 0.511. The van der Waals surface area contributed by atoms with Crippen molar-refractivity contribution in [1.29, 1.82) is 0 Å². The molecular weight excluding hydrogens is 193 g/mol. The number of aryl methyl sites for hydroxylation is 2. The van der Waals surface area contributed by atoms with Crippen LogP contribution >= 0.6 is 23.2 Å². The molecule has 1 aromatic rings. The summed E-state index contributed by atoms with van der Waals surface area (Å²) in [5.74, 6) is 0. The van der Waals surface area contributed by atoms with Crippen LogP contribution < -0.4 is 5.73 Å². The van der Waals surface area contributed by atoms with E-state index in [1.54, 1.807) is 0 Å². The number of hydrogen-bond acceptors (Lipinski definition) is 1. The normalized spacial score (nSPS) is 8.67. The van der Waals surface area contributed by atoms with Crippen molar-refractivity contribution >= 4 is 28.9 Å². The molecule has 0 aliphatic rings. The van der Waals surface area contributed by atoms with Gasteiger partial charge in [0.05, 0.1) is 5.34 Å². The number of hydrogen-bond donors (Lipinski definition) is 1. The molecule has 0 bridgehead atoms. The molecule has 12 heavy (non-hydrogen) atoms. The van der Waals surface area contributed by atoms with Gasteiger partial charge in [-0.05, 0) is 25.5 Å². The third kappa shape index (κ3) is 4.47. The molecule has 0 atom stereocenters. The molecule has 3 heteroatoms. The second-order valence-electron chi connectivity index (χ2n) is 2.46. The Hall–Kier alpha value is -0.400. The van der Waals surface area contributed by atoms with Crippen molar-refractivity contribution in [2.75, 3.05) is 11.1 Å². The average molecular weight is 206 g/mol. The van der Waals surface area contributed by atoms with Gasteiger partial charge in [0.1, 0.15) is 0 Å².